The number of nitrogens with two attached hydrogens (primary N) is 1. The van der Waals surface area contributed by atoms with Gasteiger partial charge < -0.3 is 11.1 Å². The van der Waals surface area contributed by atoms with E-state index in [9.17, 15) is 4.79 Å². The smallest absolute Gasteiger partial charge is 0.325 e. The summed E-state index contributed by atoms with van der Waals surface area (Å²) >= 11 is 4.51. The van der Waals surface area contributed by atoms with Crippen LogP contribution in [0.5, 0.6) is 0 Å². The standard InChI is InChI=1S/C9H11N3OS/c1-6-2-4-7(5-3-6)11-9(13)12-8(10)14/h2-5H,1H3,(H4,10,11,12,13,14). The van der Waals surface area contributed by atoms with E-state index in [0.29, 0.717) is 5.69 Å². The van der Waals surface area contributed by atoms with Crippen LogP contribution in [0.15, 0.2) is 24.3 Å². The highest BCUT2D eigenvalue weighted by molar-refractivity contribution is 7.80. The van der Waals surface area contributed by atoms with E-state index in [1.54, 1.807) is 12.1 Å². The molecule has 0 unspecified atom stereocenters. The zero-order chi connectivity index (χ0) is 10.6. The third-order valence-corrected chi connectivity index (χ3v) is 1.65. The van der Waals surface area contributed by atoms with Gasteiger partial charge in [-0.05, 0) is 31.3 Å². The minimum atomic E-state index is -0.429. The Kier molecular flexibility index (Phi) is 3.41. The van der Waals surface area contributed by atoms with E-state index in [2.05, 4.69) is 22.9 Å². The molecule has 0 spiro atoms. The first-order chi connectivity index (χ1) is 6.58. The highest BCUT2D eigenvalue weighted by atomic mass is 32.1. The maximum Gasteiger partial charge on any atom is 0.325 e. The van der Waals surface area contributed by atoms with Crippen LogP contribution < -0.4 is 16.4 Å². The van der Waals surface area contributed by atoms with E-state index >= 15 is 0 Å². The van der Waals surface area contributed by atoms with Gasteiger partial charge in [-0.3, -0.25) is 5.32 Å². The highest BCUT2D eigenvalue weighted by Crippen LogP contribution is 2.07. The molecule has 0 aliphatic heterocycles. The van der Waals surface area contributed by atoms with Crippen molar-refractivity contribution >= 4 is 29.0 Å². The van der Waals surface area contributed by atoms with Crippen molar-refractivity contribution in [1.29, 1.82) is 0 Å². The SMILES string of the molecule is Cc1ccc(NC(=O)NC(N)=S)cc1. The zero-order valence-electron chi connectivity index (χ0n) is 7.70. The van der Waals surface area contributed by atoms with Crippen LogP contribution >= 0.6 is 12.2 Å². The number of urea groups is 1. The van der Waals surface area contributed by atoms with Crippen molar-refractivity contribution < 1.29 is 4.79 Å². The summed E-state index contributed by atoms with van der Waals surface area (Å²) in [6.45, 7) is 1.97. The van der Waals surface area contributed by atoms with Crippen molar-refractivity contribution in [2.24, 2.45) is 5.73 Å². The number of anilines is 1. The lowest BCUT2D eigenvalue weighted by Crippen LogP contribution is -2.37. The topological polar surface area (TPSA) is 67.2 Å². The summed E-state index contributed by atoms with van der Waals surface area (Å²) in [6, 6.07) is 6.97. The summed E-state index contributed by atoms with van der Waals surface area (Å²) in [7, 11) is 0. The van der Waals surface area contributed by atoms with Crippen LogP contribution in [0.2, 0.25) is 0 Å². The van der Waals surface area contributed by atoms with Gasteiger partial charge >= 0.3 is 6.03 Å². The Morgan fingerprint density at radius 3 is 2.43 bits per heavy atom. The molecule has 4 N–H and O–H groups in total. The maximum absolute atomic E-state index is 11.1. The average molecular weight is 209 g/mol. The van der Waals surface area contributed by atoms with Gasteiger partial charge in [-0.15, -0.1) is 0 Å². The number of hydrogen-bond acceptors (Lipinski definition) is 2. The van der Waals surface area contributed by atoms with Crippen molar-refractivity contribution in [1.82, 2.24) is 5.32 Å². The Labute approximate surface area is 87.5 Å². The number of nitrogens with one attached hydrogen (secondary N) is 2. The molecule has 1 aromatic carbocycles. The van der Waals surface area contributed by atoms with Crippen LogP contribution in [-0.2, 0) is 0 Å². The first kappa shape index (κ1) is 10.5. The van der Waals surface area contributed by atoms with Gasteiger partial charge in [0.1, 0.15) is 0 Å². The third kappa shape index (κ3) is 3.40. The molecular weight excluding hydrogens is 198 g/mol. The van der Waals surface area contributed by atoms with Gasteiger partial charge in [0.2, 0.25) is 0 Å². The largest absolute Gasteiger partial charge is 0.376 e. The number of aryl methyl sites for hydroxylation is 1. The van der Waals surface area contributed by atoms with Crippen molar-refractivity contribution in [3.8, 4) is 0 Å². The molecule has 74 valence electrons. The Morgan fingerprint density at radius 2 is 1.93 bits per heavy atom. The van der Waals surface area contributed by atoms with Crippen LogP contribution in [0.3, 0.4) is 0 Å². The number of carbonyl (C=O) groups excluding carboxylic acids is 1. The molecule has 14 heavy (non-hydrogen) atoms. The van der Waals surface area contributed by atoms with Crippen LogP contribution in [0, 0.1) is 6.92 Å². The van der Waals surface area contributed by atoms with Crippen molar-refractivity contribution in [3.05, 3.63) is 29.8 Å². The second-order valence-corrected chi connectivity index (χ2v) is 3.25. The lowest BCUT2D eigenvalue weighted by Gasteiger charge is -2.05. The van der Waals surface area contributed by atoms with E-state index < -0.39 is 6.03 Å². The van der Waals surface area contributed by atoms with Gasteiger partial charge in [0.15, 0.2) is 5.11 Å². The fourth-order valence-electron chi connectivity index (χ4n) is 0.911. The molecule has 0 saturated heterocycles. The maximum atomic E-state index is 11.1. The second-order valence-electron chi connectivity index (χ2n) is 2.81. The molecule has 1 aromatic rings. The van der Waals surface area contributed by atoms with Gasteiger partial charge in [0.05, 0.1) is 0 Å². The normalized spacial score (nSPS) is 9.21. The van der Waals surface area contributed by atoms with Gasteiger partial charge in [0.25, 0.3) is 0 Å². The molecule has 0 bridgehead atoms. The number of benzene rings is 1. The van der Waals surface area contributed by atoms with Gasteiger partial charge in [0, 0.05) is 5.69 Å². The van der Waals surface area contributed by atoms with Crippen LogP contribution in [0.4, 0.5) is 10.5 Å². The number of thiocarbonyl (C=S) groups is 1. The number of hydrogen-bond donors (Lipinski definition) is 3. The summed E-state index contributed by atoms with van der Waals surface area (Å²) in [5.41, 5.74) is 6.96. The van der Waals surface area contributed by atoms with E-state index in [4.69, 9.17) is 5.73 Å². The van der Waals surface area contributed by atoms with E-state index in [1.807, 2.05) is 19.1 Å². The van der Waals surface area contributed by atoms with Crippen molar-refractivity contribution in [2.75, 3.05) is 5.32 Å². The first-order valence-electron chi connectivity index (χ1n) is 4.02. The van der Waals surface area contributed by atoms with Crippen LogP contribution in [-0.4, -0.2) is 11.1 Å². The van der Waals surface area contributed by atoms with Crippen molar-refractivity contribution in [2.45, 2.75) is 6.92 Å². The predicted octanol–water partition coefficient (Wildman–Crippen LogP) is 1.36. The third-order valence-electron chi connectivity index (χ3n) is 1.55. The molecule has 0 aliphatic carbocycles. The van der Waals surface area contributed by atoms with Crippen molar-refractivity contribution in [3.63, 3.8) is 0 Å². The Balaban J connectivity index is 2.56. The van der Waals surface area contributed by atoms with Gasteiger partial charge in [-0.1, -0.05) is 17.7 Å². The molecule has 0 aliphatic rings. The quantitative estimate of drug-likeness (QED) is 0.612. The Morgan fingerprint density at radius 1 is 1.36 bits per heavy atom. The van der Waals surface area contributed by atoms with Crippen LogP contribution in [0.1, 0.15) is 5.56 Å². The summed E-state index contributed by atoms with van der Waals surface area (Å²) in [5.74, 6) is 0. The predicted molar refractivity (Wildman–Crippen MR) is 60.1 cm³/mol. The molecular formula is C9H11N3OS. The van der Waals surface area contributed by atoms with E-state index in [1.165, 1.54) is 0 Å². The lowest BCUT2D eigenvalue weighted by molar-refractivity contribution is 0.256. The fraction of sp³-hybridized carbons (Fsp3) is 0.111. The Hall–Kier alpha value is -1.62. The number of carbonyl (C=O) groups is 1. The molecule has 4 nitrogen and oxygen atoms in total. The monoisotopic (exact) mass is 209 g/mol. The first-order valence-corrected chi connectivity index (χ1v) is 4.43. The summed E-state index contributed by atoms with van der Waals surface area (Å²) in [5, 5.41) is 4.80. The Bertz CT molecular complexity index is 348. The van der Waals surface area contributed by atoms with Gasteiger partial charge in [-0.2, -0.15) is 0 Å². The number of amides is 2. The van der Waals surface area contributed by atoms with Gasteiger partial charge in [-0.25, -0.2) is 4.79 Å². The molecule has 1 rings (SSSR count). The summed E-state index contributed by atoms with van der Waals surface area (Å²) in [6.07, 6.45) is 0. The molecule has 2 amide bonds. The average Bonchev–Trinajstić information content (AvgIpc) is 2.07. The number of rotatable bonds is 1. The zero-order valence-corrected chi connectivity index (χ0v) is 8.52. The molecule has 0 atom stereocenters. The van der Waals surface area contributed by atoms with E-state index in [0.717, 1.165) is 5.56 Å². The molecule has 0 heterocycles. The molecule has 0 aromatic heterocycles. The summed E-state index contributed by atoms with van der Waals surface area (Å²) < 4.78 is 0. The lowest BCUT2D eigenvalue weighted by atomic mass is 10.2. The molecule has 5 heteroatoms. The minimum absolute atomic E-state index is 0.0467. The molecule has 0 radical (unpaired) electrons. The minimum Gasteiger partial charge on any atom is -0.376 e. The highest BCUT2D eigenvalue weighted by Gasteiger charge is 2.00. The molecule has 0 saturated carbocycles. The fourth-order valence-corrected chi connectivity index (χ4v) is 1.00. The van der Waals surface area contributed by atoms with E-state index in [-0.39, 0.29) is 5.11 Å². The molecule has 0 fully saturated rings. The summed E-state index contributed by atoms with van der Waals surface area (Å²) in [4.78, 5) is 11.1. The van der Waals surface area contributed by atoms with Crippen LogP contribution in [0.25, 0.3) is 0 Å². The second kappa shape index (κ2) is 4.57.